The Hall–Kier alpha value is -1.26. The van der Waals surface area contributed by atoms with Crippen molar-refractivity contribution in [3.05, 3.63) is 29.6 Å². The minimum Gasteiger partial charge on any atom is -0.491 e. The Morgan fingerprint density at radius 2 is 1.68 bits per heavy atom. The van der Waals surface area contributed by atoms with Crippen LogP contribution in [0.25, 0.3) is 0 Å². The van der Waals surface area contributed by atoms with E-state index in [1.54, 1.807) is 6.07 Å². The van der Waals surface area contributed by atoms with E-state index in [1.165, 1.54) is 57.4 Å². The van der Waals surface area contributed by atoms with E-state index in [0.29, 0.717) is 5.92 Å². The van der Waals surface area contributed by atoms with Gasteiger partial charge in [-0.1, -0.05) is 51.5 Å². The van der Waals surface area contributed by atoms with Gasteiger partial charge in [-0.15, -0.1) is 0 Å². The number of hydrogen-bond acceptors (Lipinski definition) is 1. The van der Waals surface area contributed by atoms with E-state index in [1.807, 2.05) is 6.07 Å². The molecule has 0 radical (unpaired) electrons. The first-order valence-electron chi connectivity index (χ1n) is 10.9. The van der Waals surface area contributed by atoms with Crippen LogP contribution < -0.4 is 4.74 Å². The van der Waals surface area contributed by atoms with Crippen LogP contribution in [-0.2, 0) is 0 Å². The second-order valence-electron chi connectivity index (χ2n) is 8.18. The minimum atomic E-state index is -4.19. The third kappa shape index (κ3) is 8.40. The molecule has 1 aromatic carbocycles. The minimum absolute atomic E-state index is 0.0479. The maximum atomic E-state index is 14.3. The second-order valence-corrected chi connectivity index (χ2v) is 8.18. The molecule has 1 aliphatic carbocycles. The van der Waals surface area contributed by atoms with Crippen molar-refractivity contribution in [3.8, 4) is 5.75 Å². The van der Waals surface area contributed by atoms with Crippen LogP contribution in [0.15, 0.2) is 18.2 Å². The van der Waals surface area contributed by atoms with Crippen LogP contribution >= 0.6 is 0 Å². The van der Waals surface area contributed by atoms with Crippen molar-refractivity contribution in [2.24, 2.45) is 5.92 Å². The van der Waals surface area contributed by atoms with Gasteiger partial charge < -0.3 is 4.74 Å². The van der Waals surface area contributed by atoms with Gasteiger partial charge >= 0.3 is 6.18 Å². The third-order valence-electron chi connectivity index (χ3n) is 5.85. The normalized spacial score (nSPS) is 20.3. The first kappa shape index (κ1) is 23.0. The van der Waals surface area contributed by atoms with Crippen molar-refractivity contribution >= 4 is 0 Å². The molecule has 28 heavy (non-hydrogen) atoms. The van der Waals surface area contributed by atoms with Crippen molar-refractivity contribution in [1.29, 1.82) is 0 Å². The number of halogens is 4. The molecule has 0 bridgehead atoms. The molecule has 160 valence electrons. The molecule has 0 saturated heterocycles. The monoisotopic (exact) mass is 402 g/mol. The maximum Gasteiger partial charge on any atom is 0.389 e. The number of ether oxygens (including phenoxy) is 1. The molecule has 0 heterocycles. The largest absolute Gasteiger partial charge is 0.491 e. The van der Waals surface area contributed by atoms with Crippen LogP contribution in [0, 0.1) is 11.7 Å². The molecular formula is C23H34F4O. The van der Waals surface area contributed by atoms with E-state index in [4.69, 9.17) is 4.74 Å². The summed E-state index contributed by atoms with van der Waals surface area (Å²) in [4.78, 5) is 0. The molecule has 1 fully saturated rings. The van der Waals surface area contributed by atoms with Crippen LogP contribution in [0.2, 0.25) is 0 Å². The van der Waals surface area contributed by atoms with Gasteiger partial charge in [0.05, 0.1) is 6.61 Å². The van der Waals surface area contributed by atoms with Crippen molar-refractivity contribution in [1.82, 2.24) is 0 Å². The highest BCUT2D eigenvalue weighted by Crippen LogP contribution is 2.38. The zero-order valence-corrected chi connectivity index (χ0v) is 17.0. The lowest BCUT2D eigenvalue weighted by Gasteiger charge is -2.29. The van der Waals surface area contributed by atoms with E-state index in [0.717, 1.165) is 24.3 Å². The Bertz CT molecular complexity index is 562. The van der Waals surface area contributed by atoms with Crippen LogP contribution in [0.1, 0.15) is 95.5 Å². The molecule has 1 saturated carbocycles. The van der Waals surface area contributed by atoms with E-state index < -0.39 is 18.4 Å². The zero-order chi connectivity index (χ0) is 20.4. The van der Waals surface area contributed by atoms with E-state index in [-0.39, 0.29) is 18.8 Å². The first-order chi connectivity index (χ1) is 13.4. The molecule has 1 nitrogen and oxygen atoms in total. The smallest absolute Gasteiger partial charge is 0.389 e. The standard InChI is InChI=1S/C23H34F4O/c1-2-3-4-5-6-8-18-9-11-19(12-10-18)20-13-14-22(21(24)17-20)28-16-7-15-23(25,26)27/h13-14,17-19H,2-12,15-16H2,1H3/t18-,19-. The van der Waals surface area contributed by atoms with Gasteiger partial charge in [0.2, 0.25) is 0 Å². The summed E-state index contributed by atoms with van der Waals surface area (Å²) < 4.78 is 55.9. The van der Waals surface area contributed by atoms with Crippen LogP contribution in [0.5, 0.6) is 5.75 Å². The molecule has 0 aliphatic heterocycles. The number of rotatable bonds is 11. The van der Waals surface area contributed by atoms with Gasteiger partial charge in [0, 0.05) is 6.42 Å². The predicted molar refractivity (Wildman–Crippen MR) is 105 cm³/mol. The summed E-state index contributed by atoms with van der Waals surface area (Å²) in [5.41, 5.74) is 0.988. The second kappa shape index (κ2) is 11.7. The van der Waals surface area contributed by atoms with Gasteiger partial charge in [-0.25, -0.2) is 4.39 Å². The third-order valence-corrected chi connectivity index (χ3v) is 5.85. The Kier molecular flexibility index (Phi) is 9.60. The van der Waals surface area contributed by atoms with Crippen molar-refractivity contribution in [2.45, 2.75) is 96.1 Å². The summed E-state index contributed by atoms with van der Waals surface area (Å²) in [5.74, 6) is 0.762. The highest BCUT2D eigenvalue weighted by atomic mass is 19.4. The number of benzene rings is 1. The van der Waals surface area contributed by atoms with E-state index in [2.05, 4.69) is 6.92 Å². The SMILES string of the molecule is CCCCCCC[C@H]1CC[C@H](c2ccc(OCCCC(F)(F)F)c(F)c2)CC1. The average Bonchev–Trinajstić information content (AvgIpc) is 2.66. The first-order valence-corrected chi connectivity index (χ1v) is 10.9. The summed E-state index contributed by atoms with van der Waals surface area (Å²) in [6, 6.07) is 4.95. The topological polar surface area (TPSA) is 9.23 Å². The lowest BCUT2D eigenvalue weighted by atomic mass is 9.77. The molecule has 0 unspecified atom stereocenters. The van der Waals surface area contributed by atoms with E-state index >= 15 is 0 Å². The molecule has 0 atom stereocenters. The average molecular weight is 403 g/mol. The predicted octanol–water partition coefficient (Wildman–Crippen LogP) is 8.18. The highest BCUT2D eigenvalue weighted by molar-refractivity contribution is 5.31. The summed E-state index contributed by atoms with van der Waals surface area (Å²) >= 11 is 0. The van der Waals surface area contributed by atoms with E-state index in [9.17, 15) is 17.6 Å². The number of unbranched alkanes of at least 4 members (excludes halogenated alkanes) is 4. The lowest BCUT2D eigenvalue weighted by Crippen LogP contribution is -2.14. The number of alkyl halides is 3. The number of hydrogen-bond donors (Lipinski definition) is 0. The fraction of sp³-hybridized carbons (Fsp3) is 0.739. The zero-order valence-electron chi connectivity index (χ0n) is 17.0. The van der Waals surface area contributed by atoms with Crippen LogP contribution in [-0.4, -0.2) is 12.8 Å². The Labute approximate surface area is 166 Å². The molecule has 2 rings (SSSR count). The molecule has 0 N–H and O–H groups in total. The summed E-state index contributed by atoms with van der Waals surface area (Å²) in [5, 5.41) is 0. The Morgan fingerprint density at radius 3 is 2.32 bits per heavy atom. The molecule has 0 amide bonds. The van der Waals surface area contributed by atoms with Crippen molar-refractivity contribution in [3.63, 3.8) is 0 Å². The van der Waals surface area contributed by atoms with Crippen LogP contribution in [0.3, 0.4) is 0 Å². The fourth-order valence-electron chi connectivity index (χ4n) is 4.16. The van der Waals surface area contributed by atoms with Gasteiger partial charge in [0.1, 0.15) is 0 Å². The summed E-state index contributed by atoms with van der Waals surface area (Å²) in [7, 11) is 0. The Balaban J connectivity index is 1.72. The van der Waals surface area contributed by atoms with Gasteiger partial charge in [0.15, 0.2) is 11.6 Å². The molecule has 1 aliphatic rings. The molecule has 0 aromatic heterocycles. The molecule has 1 aromatic rings. The summed E-state index contributed by atoms with van der Waals surface area (Å²) in [6.45, 7) is 2.11. The lowest BCUT2D eigenvalue weighted by molar-refractivity contribution is -0.136. The van der Waals surface area contributed by atoms with Crippen molar-refractivity contribution in [2.75, 3.05) is 6.61 Å². The molecular weight excluding hydrogens is 368 g/mol. The fourth-order valence-corrected chi connectivity index (χ4v) is 4.16. The summed E-state index contributed by atoms with van der Waals surface area (Å²) in [6.07, 6.45) is 7.25. The van der Waals surface area contributed by atoms with Gasteiger partial charge in [0.25, 0.3) is 0 Å². The van der Waals surface area contributed by atoms with Crippen LogP contribution in [0.4, 0.5) is 17.6 Å². The van der Waals surface area contributed by atoms with Gasteiger partial charge in [-0.3, -0.25) is 0 Å². The van der Waals surface area contributed by atoms with Gasteiger partial charge in [-0.05, 0) is 61.6 Å². The maximum absolute atomic E-state index is 14.3. The quantitative estimate of drug-likeness (QED) is 0.268. The molecule has 5 heteroatoms. The highest BCUT2D eigenvalue weighted by Gasteiger charge is 2.26. The Morgan fingerprint density at radius 1 is 0.964 bits per heavy atom. The molecule has 0 spiro atoms. The van der Waals surface area contributed by atoms with Crippen molar-refractivity contribution < 1.29 is 22.3 Å². The van der Waals surface area contributed by atoms with Gasteiger partial charge in [-0.2, -0.15) is 13.2 Å².